The number of hydrogen-bond acceptors (Lipinski definition) is 2. The van der Waals surface area contributed by atoms with E-state index in [1.165, 1.54) is 0 Å². The number of hydrogen-bond donors (Lipinski definition) is 0. The zero-order valence-electron chi connectivity index (χ0n) is 7.52. The molecule has 0 radical (unpaired) electrons. The maximum absolute atomic E-state index is 11.1. The second-order valence-corrected chi connectivity index (χ2v) is 2.76. The first kappa shape index (κ1) is 10.3. The van der Waals surface area contributed by atoms with Crippen molar-refractivity contribution in [3.8, 4) is 0 Å². The van der Waals surface area contributed by atoms with Crippen molar-refractivity contribution in [1.29, 1.82) is 0 Å². The van der Waals surface area contributed by atoms with Gasteiger partial charge in [0.15, 0.2) is 0 Å². The van der Waals surface area contributed by atoms with Crippen LogP contribution < -0.4 is 0 Å². The molecule has 0 aromatic carbocycles. The lowest BCUT2D eigenvalue weighted by Crippen LogP contribution is -2.19. The highest BCUT2D eigenvalue weighted by atomic mass is 16.1. The molecule has 0 amide bonds. The van der Waals surface area contributed by atoms with E-state index < -0.39 is 0 Å². The number of rotatable bonds is 5. The summed E-state index contributed by atoms with van der Waals surface area (Å²) < 4.78 is 0. The molecule has 0 spiro atoms. The average molecular weight is 156 g/mol. The van der Waals surface area contributed by atoms with Gasteiger partial charge in [0.1, 0.15) is 11.6 Å². The lowest BCUT2D eigenvalue weighted by molar-refractivity contribution is -0.131. The molecule has 0 aliphatic carbocycles. The Labute approximate surface area is 68.0 Å². The zero-order chi connectivity index (χ0) is 8.85. The second-order valence-electron chi connectivity index (χ2n) is 2.76. The van der Waals surface area contributed by atoms with E-state index in [1.54, 1.807) is 13.8 Å². The van der Waals surface area contributed by atoms with Gasteiger partial charge in [-0.3, -0.25) is 9.59 Å². The van der Waals surface area contributed by atoms with E-state index in [2.05, 4.69) is 0 Å². The fourth-order valence-corrected chi connectivity index (χ4v) is 0.949. The first-order valence-electron chi connectivity index (χ1n) is 4.18. The minimum Gasteiger partial charge on any atom is -0.299 e. The van der Waals surface area contributed by atoms with E-state index in [-0.39, 0.29) is 17.5 Å². The molecule has 0 fully saturated rings. The van der Waals surface area contributed by atoms with Crippen LogP contribution in [0.5, 0.6) is 0 Å². The van der Waals surface area contributed by atoms with Crippen molar-refractivity contribution < 1.29 is 9.59 Å². The fraction of sp³-hybridized carbons (Fsp3) is 0.778. The summed E-state index contributed by atoms with van der Waals surface area (Å²) in [5.74, 6) is -0.234. The van der Waals surface area contributed by atoms with Gasteiger partial charge in [0.25, 0.3) is 0 Å². The summed E-state index contributed by atoms with van der Waals surface area (Å²) >= 11 is 0. The predicted molar refractivity (Wildman–Crippen MR) is 44.4 cm³/mol. The molecule has 2 heteroatoms. The van der Waals surface area contributed by atoms with E-state index in [0.717, 1.165) is 6.42 Å². The van der Waals surface area contributed by atoms with Crippen molar-refractivity contribution in [1.82, 2.24) is 0 Å². The smallest absolute Gasteiger partial charge is 0.143 e. The predicted octanol–water partition coefficient (Wildman–Crippen LogP) is 1.97. The Morgan fingerprint density at radius 3 is 2.09 bits per heavy atom. The molecular formula is C9H16O2. The molecule has 0 rings (SSSR count). The number of Topliss-reactive ketones (excluding diaryl/α,β-unsaturated/α-hetero) is 2. The van der Waals surface area contributed by atoms with Crippen LogP contribution in [-0.2, 0) is 9.59 Å². The highest BCUT2D eigenvalue weighted by Gasteiger charge is 2.17. The summed E-state index contributed by atoms with van der Waals surface area (Å²) in [5, 5.41) is 0. The van der Waals surface area contributed by atoms with Gasteiger partial charge in [-0.15, -0.1) is 0 Å². The third-order valence-corrected chi connectivity index (χ3v) is 1.81. The van der Waals surface area contributed by atoms with Crippen molar-refractivity contribution in [2.24, 2.45) is 5.92 Å². The SMILES string of the molecule is CCCC(=O)[C@H](C)C(=O)CC. The Morgan fingerprint density at radius 2 is 1.73 bits per heavy atom. The van der Waals surface area contributed by atoms with Gasteiger partial charge >= 0.3 is 0 Å². The van der Waals surface area contributed by atoms with Gasteiger partial charge in [-0.25, -0.2) is 0 Å². The number of carbonyl (C=O) groups excluding carboxylic acids is 2. The van der Waals surface area contributed by atoms with Crippen molar-refractivity contribution in [2.75, 3.05) is 0 Å². The van der Waals surface area contributed by atoms with E-state index in [4.69, 9.17) is 0 Å². The van der Waals surface area contributed by atoms with Crippen LogP contribution in [0, 0.1) is 5.92 Å². The maximum atomic E-state index is 11.1. The minimum absolute atomic E-state index is 0.0588. The van der Waals surface area contributed by atoms with Crippen LogP contribution >= 0.6 is 0 Å². The Balaban J connectivity index is 3.91. The fourth-order valence-electron chi connectivity index (χ4n) is 0.949. The van der Waals surface area contributed by atoms with Crippen LogP contribution in [0.15, 0.2) is 0 Å². The summed E-state index contributed by atoms with van der Waals surface area (Å²) in [6.07, 6.45) is 1.84. The number of ketones is 2. The molecule has 0 saturated carbocycles. The van der Waals surface area contributed by atoms with Crippen LogP contribution in [0.4, 0.5) is 0 Å². The van der Waals surface area contributed by atoms with Gasteiger partial charge in [0.2, 0.25) is 0 Å². The largest absolute Gasteiger partial charge is 0.299 e. The molecule has 0 aliphatic heterocycles. The molecule has 0 aliphatic rings. The first-order chi connectivity index (χ1) is 5.13. The van der Waals surface area contributed by atoms with Gasteiger partial charge in [0.05, 0.1) is 5.92 Å². The monoisotopic (exact) mass is 156 g/mol. The average Bonchev–Trinajstić information content (AvgIpc) is 2.02. The van der Waals surface area contributed by atoms with Gasteiger partial charge in [-0.05, 0) is 13.3 Å². The quantitative estimate of drug-likeness (QED) is 0.570. The molecule has 0 bridgehead atoms. The normalized spacial score (nSPS) is 12.6. The minimum atomic E-state index is -0.375. The Hall–Kier alpha value is -0.660. The lowest BCUT2D eigenvalue weighted by Gasteiger charge is -2.05. The Bertz CT molecular complexity index is 150. The summed E-state index contributed by atoms with van der Waals surface area (Å²) in [6.45, 7) is 5.43. The molecule has 2 nitrogen and oxygen atoms in total. The first-order valence-corrected chi connectivity index (χ1v) is 4.18. The molecule has 0 aromatic rings. The van der Waals surface area contributed by atoms with Crippen molar-refractivity contribution in [2.45, 2.75) is 40.0 Å². The van der Waals surface area contributed by atoms with Gasteiger partial charge in [-0.1, -0.05) is 13.8 Å². The van der Waals surface area contributed by atoms with Gasteiger partial charge < -0.3 is 0 Å². The van der Waals surface area contributed by atoms with E-state index in [1.807, 2.05) is 6.92 Å². The number of carbonyl (C=O) groups is 2. The molecule has 0 unspecified atom stereocenters. The van der Waals surface area contributed by atoms with Crippen molar-refractivity contribution >= 4 is 11.6 Å². The molecule has 0 heterocycles. The van der Waals surface area contributed by atoms with Gasteiger partial charge in [0, 0.05) is 12.8 Å². The topological polar surface area (TPSA) is 34.1 Å². The molecule has 1 atom stereocenters. The zero-order valence-corrected chi connectivity index (χ0v) is 7.52. The molecule has 0 aromatic heterocycles. The molecule has 64 valence electrons. The van der Waals surface area contributed by atoms with Crippen LogP contribution in [0.2, 0.25) is 0 Å². The standard InChI is InChI=1S/C9H16O2/c1-4-6-9(11)7(3)8(10)5-2/h7H,4-6H2,1-3H3/t7-/m1/s1. The van der Waals surface area contributed by atoms with Crippen LogP contribution in [0.25, 0.3) is 0 Å². The maximum Gasteiger partial charge on any atom is 0.143 e. The summed E-state index contributed by atoms with van der Waals surface area (Å²) in [7, 11) is 0. The molecule has 0 saturated heterocycles. The second kappa shape index (κ2) is 5.05. The van der Waals surface area contributed by atoms with E-state index >= 15 is 0 Å². The van der Waals surface area contributed by atoms with Gasteiger partial charge in [-0.2, -0.15) is 0 Å². The summed E-state index contributed by atoms with van der Waals surface area (Å²) in [5.41, 5.74) is 0. The lowest BCUT2D eigenvalue weighted by atomic mass is 9.97. The Kier molecular flexibility index (Phi) is 4.75. The summed E-state index contributed by atoms with van der Waals surface area (Å²) in [6, 6.07) is 0. The van der Waals surface area contributed by atoms with Crippen LogP contribution in [0.1, 0.15) is 40.0 Å². The molecule has 0 N–H and O–H groups in total. The third-order valence-electron chi connectivity index (χ3n) is 1.81. The highest BCUT2D eigenvalue weighted by Crippen LogP contribution is 2.06. The third kappa shape index (κ3) is 3.30. The van der Waals surface area contributed by atoms with Crippen molar-refractivity contribution in [3.63, 3.8) is 0 Å². The van der Waals surface area contributed by atoms with E-state index in [9.17, 15) is 9.59 Å². The van der Waals surface area contributed by atoms with E-state index in [0.29, 0.717) is 12.8 Å². The molecular weight excluding hydrogens is 140 g/mol. The highest BCUT2D eigenvalue weighted by molar-refractivity contribution is 6.01. The van der Waals surface area contributed by atoms with Crippen molar-refractivity contribution in [3.05, 3.63) is 0 Å². The van der Waals surface area contributed by atoms with Crippen LogP contribution in [-0.4, -0.2) is 11.6 Å². The van der Waals surface area contributed by atoms with Crippen LogP contribution in [0.3, 0.4) is 0 Å². The molecule has 11 heavy (non-hydrogen) atoms. The Morgan fingerprint density at radius 1 is 1.18 bits per heavy atom. The summed E-state index contributed by atoms with van der Waals surface area (Å²) in [4.78, 5) is 22.1.